The number of sulfonamides is 1. The van der Waals surface area contributed by atoms with E-state index in [1.54, 1.807) is 6.07 Å². The maximum Gasteiger partial charge on any atom is 0.438 e. The molecule has 1 unspecified atom stereocenters. The highest BCUT2D eigenvalue weighted by molar-refractivity contribution is 7.89. The average Bonchev–Trinajstić information content (AvgIpc) is 2.67. The third-order valence-corrected chi connectivity index (χ3v) is 5.33. The van der Waals surface area contributed by atoms with Crippen molar-refractivity contribution in [1.29, 1.82) is 0 Å². The van der Waals surface area contributed by atoms with Gasteiger partial charge < -0.3 is 5.32 Å². The monoisotopic (exact) mass is 446 g/mol. The summed E-state index contributed by atoms with van der Waals surface area (Å²) in [6, 6.07) is 11.2. The first-order chi connectivity index (χ1) is 13.5. The van der Waals surface area contributed by atoms with E-state index in [1.807, 2.05) is 0 Å². The molecule has 3 aromatic rings. The van der Waals surface area contributed by atoms with Crippen LogP contribution in [0.5, 0.6) is 0 Å². The van der Waals surface area contributed by atoms with Crippen molar-refractivity contribution in [2.75, 3.05) is 5.32 Å². The Balaban J connectivity index is 1.93. The largest absolute Gasteiger partial charge is 0.438 e. The molecule has 7 nitrogen and oxygen atoms in total. The fraction of sp³-hybridized carbons (Fsp3) is 0.176. The summed E-state index contributed by atoms with van der Waals surface area (Å²) in [5.74, 6) is -0.240. The zero-order valence-corrected chi connectivity index (χ0v) is 16.3. The number of halogens is 4. The maximum atomic E-state index is 13.8. The van der Waals surface area contributed by atoms with Gasteiger partial charge in [-0.05, 0) is 37.3 Å². The van der Waals surface area contributed by atoms with Gasteiger partial charge in [-0.1, -0.05) is 34.7 Å². The number of rotatable bonds is 6. The number of hydrogen-bond acceptors (Lipinski definition) is 6. The highest BCUT2D eigenvalue weighted by atomic mass is 35.5. The second-order valence-electron chi connectivity index (χ2n) is 6.04. The van der Waals surface area contributed by atoms with E-state index < -0.39 is 21.9 Å². The minimum absolute atomic E-state index is 0.199. The van der Waals surface area contributed by atoms with E-state index in [0.717, 1.165) is 6.33 Å². The summed E-state index contributed by atoms with van der Waals surface area (Å²) in [6.45, 7) is 0.624. The summed E-state index contributed by atoms with van der Waals surface area (Å²) in [6.07, 6.45) is -3.97. The van der Waals surface area contributed by atoms with Crippen molar-refractivity contribution in [2.24, 2.45) is 0 Å². The van der Waals surface area contributed by atoms with E-state index in [1.165, 1.54) is 47.3 Å². The predicted molar refractivity (Wildman–Crippen MR) is 100 cm³/mol. The fourth-order valence-electron chi connectivity index (χ4n) is 2.29. The molecule has 1 heterocycles. The van der Waals surface area contributed by atoms with Crippen LogP contribution in [0, 0.1) is 0 Å². The van der Waals surface area contributed by atoms with Crippen molar-refractivity contribution in [3.63, 3.8) is 0 Å². The van der Waals surface area contributed by atoms with Crippen LogP contribution in [0.1, 0.15) is 6.92 Å². The first kappa shape index (κ1) is 21.2. The molecule has 0 saturated carbocycles. The minimum Gasteiger partial charge on any atom is -0.333 e. The highest BCUT2D eigenvalue weighted by Gasteiger charge is 2.54. The van der Waals surface area contributed by atoms with Gasteiger partial charge in [-0.15, -0.1) is 0 Å². The van der Waals surface area contributed by atoms with Gasteiger partial charge in [0.05, 0.1) is 10.4 Å². The molecule has 2 N–H and O–H groups in total. The van der Waals surface area contributed by atoms with Crippen LogP contribution in [0.4, 0.5) is 19.0 Å². The Morgan fingerprint density at radius 3 is 2.41 bits per heavy atom. The summed E-state index contributed by atoms with van der Waals surface area (Å²) < 4.78 is 65.7. The maximum absolute atomic E-state index is 13.8. The first-order valence-corrected chi connectivity index (χ1v) is 9.88. The van der Waals surface area contributed by atoms with Gasteiger partial charge in [0.25, 0.3) is 15.7 Å². The Kier molecular flexibility index (Phi) is 5.68. The molecule has 0 fully saturated rings. The number of nitrogens with zero attached hydrogens (tertiary/aromatic N) is 2. The van der Waals surface area contributed by atoms with Gasteiger partial charge in [-0.2, -0.15) is 13.2 Å². The molecule has 0 aliphatic carbocycles. The SMILES string of the molecule is CC(Nc1ncnc2ccc(Cl)cc12)(ONS(=O)(=O)c1ccccc1)C(F)(F)F. The Hall–Kier alpha value is -2.47. The number of anilines is 1. The number of nitrogens with one attached hydrogen (secondary N) is 2. The number of aromatic nitrogens is 2. The van der Waals surface area contributed by atoms with Gasteiger partial charge in [0.1, 0.15) is 12.1 Å². The van der Waals surface area contributed by atoms with Gasteiger partial charge in [0.15, 0.2) is 0 Å². The minimum atomic E-state index is -5.03. The van der Waals surface area contributed by atoms with E-state index in [0.29, 0.717) is 12.4 Å². The molecule has 0 spiro atoms. The molecule has 3 rings (SSSR count). The van der Waals surface area contributed by atoms with Crippen LogP contribution < -0.4 is 10.2 Å². The lowest BCUT2D eigenvalue weighted by Crippen LogP contribution is -2.55. The molecular formula is C17H14ClF3N4O3S. The molecule has 0 saturated heterocycles. The second kappa shape index (κ2) is 7.75. The van der Waals surface area contributed by atoms with Crippen LogP contribution in [-0.2, 0) is 14.9 Å². The van der Waals surface area contributed by atoms with Crippen molar-refractivity contribution in [3.05, 3.63) is 59.9 Å². The third kappa shape index (κ3) is 4.58. The lowest BCUT2D eigenvalue weighted by Gasteiger charge is -2.32. The van der Waals surface area contributed by atoms with Crippen LogP contribution in [0.15, 0.2) is 59.8 Å². The van der Waals surface area contributed by atoms with Gasteiger partial charge in [0, 0.05) is 10.4 Å². The van der Waals surface area contributed by atoms with E-state index in [4.69, 9.17) is 11.6 Å². The molecule has 154 valence electrons. The normalized spacial score (nSPS) is 14.5. The number of alkyl halides is 3. The molecule has 0 bridgehead atoms. The van der Waals surface area contributed by atoms with Gasteiger partial charge in [-0.25, -0.2) is 23.2 Å². The van der Waals surface area contributed by atoms with Gasteiger partial charge in [0.2, 0.25) is 0 Å². The van der Waals surface area contributed by atoms with Crippen molar-refractivity contribution < 1.29 is 26.4 Å². The van der Waals surface area contributed by atoms with Crippen molar-refractivity contribution >= 4 is 38.3 Å². The van der Waals surface area contributed by atoms with Crippen LogP contribution in [0.25, 0.3) is 10.9 Å². The molecular weight excluding hydrogens is 433 g/mol. The Bertz CT molecular complexity index is 1130. The second-order valence-corrected chi connectivity index (χ2v) is 8.12. The summed E-state index contributed by atoms with van der Waals surface area (Å²) in [4.78, 5) is 13.7. The molecule has 2 aromatic carbocycles. The molecule has 29 heavy (non-hydrogen) atoms. The third-order valence-electron chi connectivity index (χ3n) is 3.90. The first-order valence-electron chi connectivity index (χ1n) is 8.02. The van der Waals surface area contributed by atoms with Crippen LogP contribution in [0.2, 0.25) is 5.02 Å². The molecule has 1 atom stereocenters. The molecule has 0 amide bonds. The van der Waals surface area contributed by atoms with E-state index in [2.05, 4.69) is 20.1 Å². The zero-order valence-electron chi connectivity index (χ0n) is 14.7. The molecule has 1 aromatic heterocycles. The summed E-state index contributed by atoms with van der Waals surface area (Å²) >= 11 is 5.91. The predicted octanol–water partition coefficient (Wildman–Crippen LogP) is 3.88. The van der Waals surface area contributed by atoms with Crippen LogP contribution >= 0.6 is 11.6 Å². The van der Waals surface area contributed by atoms with E-state index in [-0.39, 0.29) is 21.1 Å². The summed E-state index contributed by atoms with van der Waals surface area (Å²) in [5, 5.41) is 2.56. The smallest absolute Gasteiger partial charge is 0.333 e. The van der Waals surface area contributed by atoms with Crippen molar-refractivity contribution in [2.45, 2.75) is 23.7 Å². The molecule has 0 radical (unpaired) electrons. The molecule has 0 aliphatic heterocycles. The fourth-order valence-corrected chi connectivity index (χ4v) is 3.35. The number of benzene rings is 2. The zero-order chi connectivity index (χ0) is 21.3. The Morgan fingerprint density at radius 2 is 1.76 bits per heavy atom. The Labute approximate surface area is 168 Å². The number of hydrogen-bond donors (Lipinski definition) is 2. The van der Waals surface area contributed by atoms with Gasteiger partial charge >= 0.3 is 6.18 Å². The van der Waals surface area contributed by atoms with Crippen molar-refractivity contribution in [3.8, 4) is 0 Å². The Morgan fingerprint density at radius 1 is 1.07 bits per heavy atom. The molecule has 0 aliphatic rings. The van der Waals surface area contributed by atoms with Crippen molar-refractivity contribution in [1.82, 2.24) is 14.9 Å². The average molecular weight is 447 g/mol. The summed E-state index contributed by atoms with van der Waals surface area (Å²) in [7, 11) is -4.36. The summed E-state index contributed by atoms with van der Waals surface area (Å²) in [5.41, 5.74) is -2.82. The van der Waals surface area contributed by atoms with Crippen LogP contribution in [-0.4, -0.2) is 30.3 Å². The standard InChI is InChI=1S/C17H14ClF3N4O3S/c1-16(17(19,20)21,28-25-29(26,27)12-5-3-2-4-6-12)24-15-13-9-11(18)7-8-14(13)22-10-23-15/h2-10,25H,1H3,(H,22,23,24). The lowest BCUT2D eigenvalue weighted by atomic mass is 10.2. The van der Waals surface area contributed by atoms with Crippen LogP contribution in [0.3, 0.4) is 0 Å². The quantitative estimate of drug-likeness (QED) is 0.441. The topological polar surface area (TPSA) is 93.2 Å². The molecule has 12 heteroatoms. The highest BCUT2D eigenvalue weighted by Crippen LogP contribution is 2.35. The van der Waals surface area contributed by atoms with E-state index in [9.17, 15) is 21.6 Å². The lowest BCUT2D eigenvalue weighted by molar-refractivity contribution is -0.268. The van der Waals surface area contributed by atoms with E-state index >= 15 is 0 Å². The van der Waals surface area contributed by atoms with Gasteiger partial charge in [-0.3, -0.25) is 0 Å². The number of fused-ring (bicyclic) bond motifs is 1.